The molecule has 0 radical (unpaired) electrons. The lowest BCUT2D eigenvalue weighted by atomic mass is 9.88. The van der Waals surface area contributed by atoms with E-state index in [0.29, 0.717) is 12.4 Å². The first-order valence-electron chi connectivity index (χ1n) is 6.86. The van der Waals surface area contributed by atoms with Crippen molar-refractivity contribution in [3.05, 3.63) is 27.8 Å². The first kappa shape index (κ1) is 14.4. The van der Waals surface area contributed by atoms with E-state index in [2.05, 4.69) is 13.8 Å². The van der Waals surface area contributed by atoms with Crippen LogP contribution in [0.15, 0.2) is 0 Å². The predicted octanol–water partition coefficient (Wildman–Crippen LogP) is 2.30. The molecule has 0 aromatic heterocycles. The molecule has 1 aliphatic carbocycles. The monoisotopic (exact) mass is 264 g/mol. The van der Waals surface area contributed by atoms with E-state index >= 15 is 0 Å². The Morgan fingerprint density at radius 1 is 1.16 bits per heavy atom. The normalized spacial score (nSPS) is 21.7. The second-order valence-electron chi connectivity index (χ2n) is 6.10. The summed E-state index contributed by atoms with van der Waals surface area (Å²) in [5.74, 6) is 0.420. The van der Waals surface area contributed by atoms with Crippen molar-refractivity contribution in [3.63, 3.8) is 0 Å². The molecule has 2 N–H and O–H groups in total. The Labute approximate surface area is 115 Å². The third-order valence-electron chi connectivity index (χ3n) is 4.51. The number of rotatable bonds is 4. The van der Waals surface area contributed by atoms with E-state index < -0.39 is 0 Å². The number of fused-ring (bicyclic) bond motifs is 1. The second kappa shape index (κ2) is 5.14. The van der Waals surface area contributed by atoms with Gasteiger partial charge in [-0.15, -0.1) is 0 Å². The number of aliphatic hydroxyl groups excluding tert-OH is 1. The van der Waals surface area contributed by atoms with Gasteiger partial charge in [0, 0.05) is 13.7 Å². The molecule has 0 aliphatic heterocycles. The van der Waals surface area contributed by atoms with Gasteiger partial charge in [-0.05, 0) is 66.3 Å². The zero-order valence-corrected chi connectivity index (χ0v) is 12.3. The molecular formula is C16H24O3. The van der Waals surface area contributed by atoms with Gasteiger partial charge in [-0.2, -0.15) is 0 Å². The van der Waals surface area contributed by atoms with Crippen molar-refractivity contribution in [2.75, 3.05) is 20.3 Å². The lowest BCUT2D eigenvalue weighted by Crippen LogP contribution is -2.21. The lowest BCUT2D eigenvalue weighted by Gasteiger charge is -2.19. The van der Waals surface area contributed by atoms with E-state index in [-0.39, 0.29) is 12.0 Å². The van der Waals surface area contributed by atoms with Gasteiger partial charge in [-0.25, -0.2) is 0 Å². The van der Waals surface area contributed by atoms with Crippen molar-refractivity contribution in [3.8, 4) is 5.75 Å². The maximum Gasteiger partial charge on any atom is 0.122 e. The molecule has 0 saturated heterocycles. The van der Waals surface area contributed by atoms with Gasteiger partial charge in [-0.3, -0.25) is 0 Å². The van der Waals surface area contributed by atoms with Crippen LogP contribution in [-0.4, -0.2) is 30.5 Å². The number of phenols is 1. The van der Waals surface area contributed by atoms with Crippen LogP contribution in [0, 0.1) is 19.3 Å². The number of methoxy groups -OCH3 is 1. The second-order valence-corrected chi connectivity index (χ2v) is 6.10. The van der Waals surface area contributed by atoms with Gasteiger partial charge in [0.15, 0.2) is 0 Å². The van der Waals surface area contributed by atoms with E-state index in [4.69, 9.17) is 4.74 Å². The fraction of sp³-hybridized carbons (Fsp3) is 0.625. The molecule has 0 bridgehead atoms. The molecular weight excluding hydrogens is 240 g/mol. The molecule has 1 atom stereocenters. The molecule has 2 rings (SSSR count). The third-order valence-corrected chi connectivity index (χ3v) is 4.51. The summed E-state index contributed by atoms with van der Waals surface area (Å²) in [6.07, 6.45) is 2.43. The van der Waals surface area contributed by atoms with Crippen LogP contribution < -0.4 is 0 Å². The number of ether oxygens (including phenoxy) is 1. The highest BCUT2D eigenvalue weighted by atomic mass is 16.5. The molecule has 0 saturated carbocycles. The van der Waals surface area contributed by atoms with E-state index in [9.17, 15) is 10.2 Å². The molecule has 3 heteroatoms. The first-order chi connectivity index (χ1) is 8.93. The van der Waals surface area contributed by atoms with E-state index in [1.54, 1.807) is 7.11 Å². The van der Waals surface area contributed by atoms with E-state index in [1.165, 1.54) is 16.7 Å². The molecule has 1 aromatic rings. The highest BCUT2D eigenvalue weighted by molar-refractivity contribution is 5.57. The molecule has 0 fully saturated rings. The molecule has 0 spiro atoms. The minimum Gasteiger partial charge on any atom is -0.507 e. The van der Waals surface area contributed by atoms with Crippen LogP contribution in [0.2, 0.25) is 0 Å². The van der Waals surface area contributed by atoms with Crippen molar-refractivity contribution in [1.82, 2.24) is 0 Å². The smallest absolute Gasteiger partial charge is 0.122 e. The van der Waals surface area contributed by atoms with E-state index in [1.807, 2.05) is 6.92 Å². The Morgan fingerprint density at radius 2 is 1.79 bits per heavy atom. The Morgan fingerprint density at radius 3 is 2.37 bits per heavy atom. The Bertz CT molecular complexity index is 494. The van der Waals surface area contributed by atoms with Crippen molar-refractivity contribution >= 4 is 0 Å². The minimum absolute atomic E-state index is 0.128. The SMILES string of the molecule is COCCc1c(C)c(O)c2c(c1C)CC(C)(CO)C2. The van der Waals surface area contributed by atoms with Crippen LogP contribution in [-0.2, 0) is 24.0 Å². The van der Waals surface area contributed by atoms with Crippen LogP contribution in [0.3, 0.4) is 0 Å². The zero-order chi connectivity index (χ0) is 14.2. The summed E-state index contributed by atoms with van der Waals surface area (Å²) in [7, 11) is 1.70. The topological polar surface area (TPSA) is 49.7 Å². The Balaban J connectivity index is 2.49. The number of hydrogen-bond acceptors (Lipinski definition) is 3. The minimum atomic E-state index is -0.128. The Kier molecular flexibility index (Phi) is 3.88. The maximum absolute atomic E-state index is 10.4. The van der Waals surface area contributed by atoms with Gasteiger partial charge in [0.05, 0.1) is 6.61 Å². The average molecular weight is 264 g/mol. The van der Waals surface area contributed by atoms with Crippen molar-refractivity contribution in [2.45, 2.75) is 40.0 Å². The zero-order valence-electron chi connectivity index (χ0n) is 12.3. The molecule has 1 aromatic carbocycles. The number of aromatic hydroxyl groups is 1. The summed E-state index contributed by atoms with van der Waals surface area (Å²) in [4.78, 5) is 0. The van der Waals surface area contributed by atoms with Crippen LogP contribution in [0.5, 0.6) is 5.75 Å². The first-order valence-corrected chi connectivity index (χ1v) is 6.86. The highest BCUT2D eigenvalue weighted by Gasteiger charge is 2.36. The molecule has 19 heavy (non-hydrogen) atoms. The molecule has 3 nitrogen and oxygen atoms in total. The molecule has 1 aliphatic rings. The number of hydrogen-bond donors (Lipinski definition) is 2. The maximum atomic E-state index is 10.4. The quantitative estimate of drug-likeness (QED) is 0.877. The van der Waals surface area contributed by atoms with Crippen LogP contribution in [0.1, 0.15) is 34.7 Å². The fourth-order valence-corrected chi connectivity index (χ4v) is 3.24. The molecule has 0 amide bonds. The largest absolute Gasteiger partial charge is 0.507 e. The highest BCUT2D eigenvalue weighted by Crippen LogP contribution is 2.45. The van der Waals surface area contributed by atoms with Gasteiger partial charge in [0.2, 0.25) is 0 Å². The van der Waals surface area contributed by atoms with Crippen LogP contribution in [0.4, 0.5) is 0 Å². The number of benzene rings is 1. The predicted molar refractivity (Wildman–Crippen MR) is 75.8 cm³/mol. The van der Waals surface area contributed by atoms with Gasteiger partial charge in [0.1, 0.15) is 5.75 Å². The number of aliphatic hydroxyl groups is 1. The average Bonchev–Trinajstić information content (AvgIpc) is 2.76. The van der Waals surface area contributed by atoms with E-state index in [0.717, 1.165) is 30.4 Å². The van der Waals surface area contributed by atoms with Gasteiger partial charge >= 0.3 is 0 Å². The summed E-state index contributed by atoms with van der Waals surface area (Å²) in [5.41, 5.74) is 5.56. The summed E-state index contributed by atoms with van der Waals surface area (Å²) >= 11 is 0. The third kappa shape index (κ3) is 2.37. The van der Waals surface area contributed by atoms with Gasteiger partial charge in [0.25, 0.3) is 0 Å². The summed E-state index contributed by atoms with van der Waals surface area (Å²) in [6, 6.07) is 0. The molecule has 1 unspecified atom stereocenters. The summed E-state index contributed by atoms with van der Waals surface area (Å²) in [5, 5.41) is 20.0. The Hall–Kier alpha value is -1.06. The van der Waals surface area contributed by atoms with Crippen molar-refractivity contribution in [2.24, 2.45) is 5.41 Å². The van der Waals surface area contributed by atoms with Crippen molar-refractivity contribution < 1.29 is 14.9 Å². The number of phenolic OH excluding ortho intramolecular Hbond substituents is 1. The molecule has 106 valence electrons. The van der Waals surface area contributed by atoms with Crippen LogP contribution >= 0.6 is 0 Å². The molecule has 0 heterocycles. The standard InChI is InChI=1S/C16H24O3/c1-10-12(5-6-19-4)11(2)15(18)14-8-16(3,9-17)7-13(10)14/h17-18H,5-9H2,1-4H3. The fourth-order valence-electron chi connectivity index (χ4n) is 3.24. The van der Waals surface area contributed by atoms with Crippen LogP contribution in [0.25, 0.3) is 0 Å². The van der Waals surface area contributed by atoms with Crippen molar-refractivity contribution in [1.29, 1.82) is 0 Å². The van der Waals surface area contributed by atoms with Gasteiger partial charge < -0.3 is 14.9 Å². The summed E-state index contributed by atoms with van der Waals surface area (Å²) in [6.45, 7) is 7.00. The lowest BCUT2D eigenvalue weighted by molar-refractivity contribution is 0.151. The van der Waals surface area contributed by atoms with Gasteiger partial charge in [-0.1, -0.05) is 6.92 Å². The summed E-state index contributed by atoms with van der Waals surface area (Å²) < 4.78 is 5.16.